The number of ether oxygens (including phenoxy) is 4. The summed E-state index contributed by atoms with van der Waals surface area (Å²) in [7, 11) is 4.32. The average molecular weight is 360 g/mol. The van der Waals surface area contributed by atoms with Gasteiger partial charge in [0.1, 0.15) is 0 Å². The lowest BCUT2D eigenvalue weighted by molar-refractivity contribution is -0.202. The zero-order valence-electron chi connectivity index (χ0n) is 15.8. The molecule has 0 aromatic heterocycles. The molecule has 0 aliphatic carbocycles. The summed E-state index contributed by atoms with van der Waals surface area (Å²) in [5.74, 6) is -4.13. The molecule has 0 saturated heterocycles. The van der Waals surface area contributed by atoms with E-state index in [4.69, 9.17) is 18.9 Å². The van der Waals surface area contributed by atoms with Crippen LogP contribution in [0.15, 0.2) is 0 Å². The second kappa shape index (κ2) is 10.0. The molecule has 0 aliphatic heterocycles. The summed E-state index contributed by atoms with van der Waals surface area (Å²) < 4.78 is 19.3. The van der Waals surface area contributed by atoms with Crippen LogP contribution in [0, 0.1) is 10.8 Å². The summed E-state index contributed by atoms with van der Waals surface area (Å²) in [6, 6.07) is 0. The van der Waals surface area contributed by atoms with E-state index in [1.165, 1.54) is 0 Å². The highest BCUT2D eigenvalue weighted by molar-refractivity contribution is 6.14. The van der Waals surface area contributed by atoms with Crippen LogP contribution in [0.4, 0.5) is 0 Å². The van der Waals surface area contributed by atoms with Crippen molar-refractivity contribution in [2.24, 2.45) is 10.8 Å². The van der Waals surface area contributed by atoms with Crippen LogP contribution >= 0.6 is 0 Å². The molecule has 0 aromatic carbocycles. The van der Waals surface area contributed by atoms with Crippen molar-refractivity contribution in [1.29, 1.82) is 0 Å². The molecule has 0 fully saturated rings. The molecule has 144 valence electrons. The number of hydrogen-bond acceptors (Lipinski definition) is 8. The van der Waals surface area contributed by atoms with Crippen LogP contribution in [0.2, 0.25) is 0 Å². The Morgan fingerprint density at radius 2 is 0.920 bits per heavy atom. The number of unbranched alkanes of at least 4 members (excludes halogenated alkanes) is 1. The standard InChI is InChI=1S/C17H28O8/c1-7-9-11-17(14(20)24-5,15(21)25-6)16(10-8-2,12(18)22-3)13(19)23-4/h7-11H2,1-6H3. The van der Waals surface area contributed by atoms with Crippen molar-refractivity contribution in [3.63, 3.8) is 0 Å². The number of esters is 4. The van der Waals surface area contributed by atoms with E-state index in [0.717, 1.165) is 28.4 Å². The molecule has 0 atom stereocenters. The molecular formula is C17H28O8. The van der Waals surface area contributed by atoms with Crippen molar-refractivity contribution in [2.45, 2.75) is 46.0 Å². The maximum absolute atomic E-state index is 12.8. The molecule has 0 rings (SSSR count). The third-order valence-corrected chi connectivity index (χ3v) is 4.39. The van der Waals surface area contributed by atoms with E-state index in [1.54, 1.807) is 6.92 Å². The fourth-order valence-electron chi connectivity index (χ4n) is 3.21. The average Bonchev–Trinajstić information content (AvgIpc) is 2.64. The summed E-state index contributed by atoms with van der Waals surface area (Å²) in [6.45, 7) is 3.55. The van der Waals surface area contributed by atoms with Gasteiger partial charge in [0.15, 0.2) is 10.8 Å². The number of carbonyl (C=O) groups excluding carboxylic acids is 4. The van der Waals surface area contributed by atoms with Crippen molar-refractivity contribution in [2.75, 3.05) is 28.4 Å². The molecule has 0 radical (unpaired) electrons. The van der Waals surface area contributed by atoms with Crippen LogP contribution in [0.25, 0.3) is 0 Å². The van der Waals surface area contributed by atoms with Crippen LogP contribution in [-0.4, -0.2) is 52.3 Å². The fourth-order valence-corrected chi connectivity index (χ4v) is 3.21. The first kappa shape index (κ1) is 22.9. The number of carbonyl (C=O) groups is 4. The first-order valence-corrected chi connectivity index (χ1v) is 8.14. The van der Waals surface area contributed by atoms with Gasteiger partial charge in [0.2, 0.25) is 0 Å². The summed E-state index contributed by atoms with van der Waals surface area (Å²) in [5.41, 5.74) is -4.39. The van der Waals surface area contributed by atoms with Gasteiger partial charge in [0, 0.05) is 0 Å². The molecular weight excluding hydrogens is 332 g/mol. The van der Waals surface area contributed by atoms with Crippen molar-refractivity contribution in [3.8, 4) is 0 Å². The molecule has 25 heavy (non-hydrogen) atoms. The molecule has 0 amide bonds. The Balaban J connectivity index is 6.97. The minimum atomic E-state index is -2.19. The van der Waals surface area contributed by atoms with Crippen LogP contribution in [0.3, 0.4) is 0 Å². The Hall–Kier alpha value is -2.12. The predicted molar refractivity (Wildman–Crippen MR) is 87.4 cm³/mol. The molecule has 8 heteroatoms. The molecule has 0 N–H and O–H groups in total. The summed E-state index contributed by atoms with van der Waals surface area (Å²) in [4.78, 5) is 51.0. The van der Waals surface area contributed by atoms with Crippen molar-refractivity contribution >= 4 is 23.9 Å². The summed E-state index contributed by atoms with van der Waals surface area (Å²) in [5, 5.41) is 0. The highest BCUT2D eigenvalue weighted by Crippen LogP contribution is 2.50. The minimum absolute atomic E-state index is 0.118. The lowest BCUT2D eigenvalue weighted by Crippen LogP contribution is -2.62. The third kappa shape index (κ3) is 3.77. The smallest absolute Gasteiger partial charge is 0.325 e. The van der Waals surface area contributed by atoms with Crippen LogP contribution < -0.4 is 0 Å². The topological polar surface area (TPSA) is 105 Å². The lowest BCUT2D eigenvalue weighted by Gasteiger charge is -2.42. The van der Waals surface area contributed by atoms with Crippen LogP contribution in [0.1, 0.15) is 46.0 Å². The molecule has 0 heterocycles. The van der Waals surface area contributed by atoms with E-state index >= 15 is 0 Å². The summed E-state index contributed by atoms with van der Waals surface area (Å²) in [6.07, 6.45) is 1.04. The van der Waals surface area contributed by atoms with Crippen molar-refractivity contribution < 1.29 is 38.1 Å². The van der Waals surface area contributed by atoms with Crippen molar-refractivity contribution in [1.82, 2.24) is 0 Å². The lowest BCUT2D eigenvalue weighted by atomic mass is 9.58. The maximum Gasteiger partial charge on any atom is 0.325 e. The molecule has 0 bridgehead atoms. The van der Waals surface area contributed by atoms with Gasteiger partial charge in [-0.25, -0.2) is 0 Å². The molecule has 0 saturated carbocycles. The van der Waals surface area contributed by atoms with Gasteiger partial charge in [-0.2, -0.15) is 0 Å². The van der Waals surface area contributed by atoms with Gasteiger partial charge in [-0.3, -0.25) is 19.2 Å². The van der Waals surface area contributed by atoms with Crippen molar-refractivity contribution in [3.05, 3.63) is 0 Å². The van der Waals surface area contributed by atoms with Gasteiger partial charge < -0.3 is 18.9 Å². The van der Waals surface area contributed by atoms with Gasteiger partial charge in [0.05, 0.1) is 28.4 Å². The number of methoxy groups -OCH3 is 4. The molecule has 0 spiro atoms. The van der Waals surface area contributed by atoms with Gasteiger partial charge >= 0.3 is 23.9 Å². The fraction of sp³-hybridized carbons (Fsp3) is 0.765. The second-order valence-corrected chi connectivity index (χ2v) is 5.63. The largest absolute Gasteiger partial charge is 0.468 e. The van der Waals surface area contributed by atoms with Gasteiger partial charge in [-0.1, -0.05) is 33.1 Å². The normalized spacial score (nSPS) is 11.4. The zero-order chi connectivity index (χ0) is 19.7. The maximum atomic E-state index is 12.8. The Kier molecular flexibility index (Phi) is 9.16. The molecule has 0 aromatic rings. The Labute approximate surface area is 148 Å². The van der Waals surface area contributed by atoms with E-state index in [2.05, 4.69) is 0 Å². The van der Waals surface area contributed by atoms with Gasteiger partial charge in [-0.05, 0) is 12.8 Å². The van der Waals surface area contributed by atoms with E-state index in [-0.39, 0.29) is 12.8 Å². The van der Waals surface area contributed by atoms with Gasteiger partial charge in [0.25, 0.3) is 0 Å². The van der Waals surface area contributed by atoms with E-state index in [0.29, 0.717) is 19.3 Å². The number of hydrogen-bond donors (Lipinski definition) is 0. The molecule has 0 aliphatic rings. The molecule has 8 nitrogen and oxygen atoms in total. The first-order chi connectivity index (χ1) is 11.8. The highest BCUT2D eigenvalue weighted by Gasteiger charge is 2.71. The zero-order valence-corrected chi connectivity index (χ0v) is 15.8. The van der Waals surface area contributed by atoms with E-state index < -0.39 is 34.7 Å². The highest BCUT2D eigenvalue weighted by atomic mass is 16.6. The SMILES string of the molecule is CCCCC(C(=O)OC)(C(=O)OC)C(CCC)(C(=O)OC)C(=O)OC. The Bertz CT molecular complexity index is 465. The predicted octanol–water partition coefficient (Wildman–Crippen LogP) is 1.64. The van der Waals surface area contributed by atoms with Crippen LogP contribution in [0.5, 0.6) is 0 Å². The van der Waals surface area contributed by atoms with E-state index in [9.17, 15) is 19.2 Å². The van der Waals surface area contributed by atoms with Crippen LogP contribution in [-0.2, 0) is 38.1 Å². The molecule has 0 unspecified atom stereocenters. The monoisotopic (exact) mass is 360 g/mol. The Morgan fingerprint density at radius 3 is 1.16 bits per heavy atom. The first-order valence-electron chi connectivity index (χ1n) is 8.14. The van der Waals surface area contributed by atoms with Gasteiger partial charge in [-0.15, -0.1) is 0 Å². The quantitative estimate of drug-likeness (QED) is 0.329. The van der Waals surface area contributed by atoms with E-state index in [1.807, 2.05) is 6.92 Å². The minimum Gasteiger partial charge on any atom is -0.468 e. The second-order valence-electron chi connectivity index (χ2n) is 5.63. The third-order valence-electron chi connectivity index (χ3n) is 4.39. The Morgan fingerprint density at radius 1 is 0.600 bits per heavy atom. The summed E-state index contributed by atoms with van der Waals surface area (Å²) >= 11 is 0. The number of rotatable bonds is 10.